The molecule has 0 radical (unpaired) electrons. The molecule has 2 N–H and O–H groups in total. The van der Waals surface area contributed by atoms with Gasteiger partial charge in [-0.3, -0.25) is 0 Å². The van der Waals surface area contributed by atoms with E-state index in [2.05, 4.69) is 61.5 Å². The molecular formula is C17H18BrN3. The maximum absolute atomic E-state index is 4.59. The normalized spacial score (nSPS) is 11.1. The topological polar surface area (TPSA) is 40.7 Å². The molecule has 108 valence electrons. The van der Waals surface area contributed by atoms with E-state index in [9.17, 15) is 0 Å². The van der Waals surface area contributed by atoms with Crippen molar-refractivity contribution in [2.45, 2.75) is 19.4 Å². The van der Waals surface area contributed by atoms with Crippen LogP contribution in [0.25, 0.3) is 11.0 Å². The van der Waals surface area contributed by atoms with Crippen LogP contribution < -0.4 is 5.32 Å². The number of halogens is 1. The summed E-state index contributed by atoms with van der Waals surface area (Å²) in [6.07, 6.45) is 2.05. The third-order valence-corrected chi connectivity index (χ3v) is 3.98. The minimum atomic E-state index is 0.910. The fourth-order valence-electron chi connectivity index (χ4n) is 2.34. The summed E-state index contributed by atoms with van der Waals surface area (Å²) in [5, 5.41) is 3.47. The number of rotatable bonds is 6. The molecule has 3 nitrogen and oxygen atoms in total. The van der Waals surface area contributed by atoms with E-state index >= 15 is 0 Å². The van der Waals surface area contributed by atoms with E-state index in [1.807, 2.05) is 18.2 Å². The second-order valence-corrected chi connectivity index (χ2v) is 6.02. The van der Waals surface area contributed by atoms with Gasteiger partial charge in [-0.25, -0.2) is 4.98 Å². The monoisotopic (exact) mass is 343 g/mol. The number of para-hydroxylation sites is 2. The Labute approximate surface area is 132 Å². The molecule has 1 heterocycles. The molecule has 0 fully saturated rings. The van der Waals surface area contributed by atoms with Crippen molar-refractivity contribution in [1.29, 1.82) is 0 Å². The number of hydrogen-bond acceptors (Lipinski definition) is 2. The number of nitrogens with one attached hydrogen (secondary N) is 2. The molecule has 3 rings (SSSR count). The minimum absolute atomic E-state index is 0.910. The Morgan fingerprint density at radius 3 is 2.67 bits per heavy atom. The van der Waals surface area contributed by atoms with Crippen LogP contribution >= 0.6 is 15.9 Å². The Balaban J connectivity index is 1.42. The first kappa shape index (κ1) is 14.3. The molecule has 0 amide bonds. The smallest absolute Gasteiger partial charge is 0.107 e. The predicted octanol–water partition coefficient (Wildman–Crippen LogP) is 4.05. The van der Waals surface area contributed by atoms with Crippen molar-refractivity contribution >= 4 is 27.0 Å². The number of aromatic amines is 1. The summed E-state index contributed by atoms with van der Waals surface area (Å²) in [6, 6.07) is 16.6. The van der Waals surface area contributed by atoms with Gasteiger partial charge in [-0.15, -0.1) is 0 Å². The number of hydrogen-bond donors (Lipinski definition) is 2. The number of aryl methyl sites for hydroxylation is 1. The van der Waals surface area contributed by atoms with Crippen molar-refractivity contribution in [1.82, 2.24) is 15.3 Å². The summed E-state index contributed by atoms with van der Waals surface area (Å²) >= 11 is 3.45. The Morgan fingerprint density at radius 2 is 1.86 bits per heavy atom. The zero-order valence-corrected chi connectivity index (χ0v) is 13.4. The van der Waals surface area contributed by atoms with Crippen molar-refractivity contribution in [2.24, 2.45) is 0 Å². The molecule has 3 aromatic rings. The average molecular weight is 344 g/mol. The molecule has 0 bridgehead atoms. The highest BCUT2D eigenvalue weighted by molar-refractivity contribution is 9.10. The van der Waals surface area contributed by atoms with Crippen LogP contribution in [0.2, 0.25) is 0 Å². The average Bonchev–Trinajstić information content (AvgIpc) is 2.91. The zero-order chi connectivity index (χ0) is 14.5. The lowest BCUT2D eigenvalue weighted by molar-refractivity contribution is 0.641. The Kier molecular flexibility index (Phi) is 4.68. The number of aromatic nitrogens is 2. The van der Waals surface area contributed by atoms with E-state index in [4.69, 9.17) is 0 Å². The SMILES string of the molecule is Brc1ccc(CNCCCc2nc3ccccc3[nH]2)cc1. The number of fused-ring (bicyclic) bond motifs is 1. The molecule has 0 aliphatic rings. The highest BCUT2D eigenvalue weighted by Gasteiger charge is 2.01. The molecule has 0 atom stereocenters. The van der Waals surface area contributed by atoms with E-state index in [1.54, 1.807) is 0 Å². The highest BCUT2D eigenvalue weighted by atomic mass is 79.9. The fraction of sp³-hybridized carbons (Fsp3) is 0.235. The first-order chi connectivity index (χ1) is 10.3. The number of imidazole rings is 1. The van der Waals surface area contributed by atoms with Crippen molar-refractivity contribution in [3.05, 3.63) is 64.4 Å². The lowest BCUT2D eigenvalue weighted by Gasteiger charge is -2.04. The quantitative estimate of drug-likeness (QED) is 0.663. The van der Waals surface area contributed by atoms with Crippen molar-refractivity contribution < 1.29 is 0 Å². The van der Waals surface area contributed by atoms with E-state index in [-0.39, 0.29) is 0 Å². The maximum atomic E-state index is 4.59. The molecule has 0 aliphatic heterocycles. The van der Waals surface area contributed by atoms with E-state index in [1.165, 1.54) is 5.56 Å². The van der Waals surface area contributed by atoms with Gasteiger partial charge in [0.1, 0.15) is 5.82 Å². The predicted molar refractivity (Wildman–Crippen MR) is 90.3 cm³/mol. The van der Waals surface area contributed by atoms with Crippen molar-refractivity contribution in [2.75, 3.05) is 6.54 Å². The first-order valence-electron chi connectivity index (χ1n) is 7.20. The van der Waals surface area contributed by atoms with Crippen LogP contribution in [0.4, 0.5) is 0 Å². The van der Waals surface area contributed by atoms with Crippen LogP contribution in [0.3, 0.4) is 0 Å². The zero-order valence-electron chi connectivity index (χ0n) is 11.8. The highest BCUT2D eigenvalue weighted by Crippen LogP contribution is 2.12. The second kappa shape index (κ2) is 6.87. The lowest BCUT2D eigenvalue weighted by atomic mass is 10.2. The van der Waals surface area contributed by atoms with Gasteiger partial charge in [-0.05, 0) is 42.8 Å². The summed E-state index contributed by atoms with van der Waals surface area (Å²) in [6.45, 7) is 1.90. The number of benzene rings is 2. The van der Waals surface area contributed by atoms with E-state index in [0.717, 1.165) is 47.3 Å². The molecule has 0 saturated carbocycles. The molecule has 0 saturated heterocycles. The van der Waals surface area contributed by atoms with Gasteiger partial charge >= 0.3 is 0 Å². The van der Waals surface area contributed by atoms with Crippen molar-refractivity contribution in [3.63, 3.8) is 0 Å². The standard InChI is InChI=1S/C17H18BrN3/c18-14-9-7-13(8-10-14)12-19-11-3-6-17-20-15-4-1-2-5-16(15)21-17/h1-2,4-5,7-10,19H,3,6,11-12H2,(H,20,21). The van der Waals surface area contributed by atoms with Gasteiger partial charge in [0.2, 0.25) is 0 Å². The summed E-state index contributed by atoms with van der Waals surface area (Å²) in [7, 11) is 0. The molecule has 0 unspecified atom stereocenters. The van der Waals surface area contributed by atoms with Gasteiger partial charge < -0.3 is 10.3 Å². The van der Waals surface area contributed by atoms with Gasteiger partial charge in [-0.2, -0.15) is 0 Å². The third-order valence-electron chi connectivity index (χ3n) is 3.45. The summed E-state index contributed by atoms with van der Waals surface area (Å²) < 4.78 is 1.12. The van der Waals surface area contributed by atoms with Gasteiger partial charge in [0.15, 0.2) is 0 Å². The fourth-order valence-corrected chi connectivity index (χ4v) is 2.60. The number of nitrogens with zero attached hydrogens (tertiary/aromatic N) is 1. The van der Waals surface area contributed by atoms with Crippen LogP contribution in [-0.2, 0) is 13.0 Å². The van der Waals surface area contributed by atoms with Gasteiger partial charge in [0, 0.05) is 17.4 Å². The van der Waals surface area contributed by atoms with Gasteiger partial charge in [0.25, 0.3) is 0 Å². The van der Waals surface area contributed by atoms with Crippen LogP contribution in [0.5, 0.6) is 0 Å². The Morgan fingerprint density at radius 1 is 1.05 bits per heavy atom. The number of H-pyrrole nitrogens is 1. The Hall–Kier alpha value is -1.65. The molecule has 0 spiro atoms. The van der Waals surface area contributed by atoms with Crippen LogP contribution in [0.1, 0.15) is 17.8 Å². The molecule has 4 heteroatoms. The molecule has 21 heavy (non-hydrogen) atoms. The largest absolute Gasteiger partial charge is 0.342 e. The second-order valence-electron chi connectivity index (χ2n) is 5.11. The summed E-state index contributed by atoms with van der Waals surface area (Å²) in [5.41, 5.74) is 3.48. The van der Waals surface area contributed by atoms with Gasteiger partial charge in [0.05, 0.1) is 11.0 Å². The van der Waals surface area contributed by atoms with Crippen LogP contribution in [0, 0.1) is 0 Å². The van der Waals surface area contributed by atoms with Gasteiger partial charge in [-0.1, -0.05) is 40.2 Å². The van der Waals surface area contributed by atoms with E-state index in [0.29, 0.717) is 0 Å². The first-order valence-corrected chi connectivity index (χ1v) is 7.99. The maximum Gasteiger partial charge on any atom is 0.107 e. The lowest BCUT2D eigenvalue weighted by Crippen LogP contribution is -2.15. The summed E-state index contributed by atoms with van der Waals surface area (Å²) in [4.78, 5) is 7.96. The van der Waals surface area contributed by atoms with E-state index < -0.39 is 0 Å². The minimum Gasteiger partial charge on any atom is -0.342 e. The van der Waals surface area contributed by atoms with Crippen LogP contribution in [-0.4, -0.2) is 16.5 Å². The summed E-state index contributed by atoms with van der Waals surface area (Å²) in [5.74, 6) is 1.07. The van der Waals surface area contributed by atoms with Crippen molar-refractivity contribution in [3.8, 4) is 0 Å². The molecule has 2 aromatic carbocycles. The van der Waals surface area contributed by atoms with Crippen LogP contribution in [0.15, 0.2) is 53.0 Å². The Bertz CT molecular complexity index is 670. The molecular weight excluding hydrogens is 326 g/mol. The molecule has 1 aromatic heterocycles. The molecule has 0 aliphatic carbocycles. The third kappa shape index (κ3) is 3.93.